The number of aryl methyl sites for hydroxylation is 1. The van der Waals surface area contributed by atoms with Crippen LogP contribution in [0.1, 0.15) is 37.9 Å². The first-order valence-electron chi connectivity index (χ1n) is 7.21. The molecule has 0 unspecified atom stereocenters. The van der Waals surface area contributed by atoms with E-state index >= 15 is 0 Å². The number of nitrogens with one attached hydrogen (secondary N) is 1. The molecule has 4 nitrogen and oxygen atoms in total. The van der Waals surface area contributed by atoms with E-state index in [4.69, 9.17) is 0 Å². The van der Waals surface area contributed by atoms with E-state index in [0.717, 1.165) is 22.7 Å². The van der Waals surface area contributed by atoms with Crippen molar-refractivity contribution in [2.24, 2.45) is 5.41 Å². The number of aromatic amines is 1. The number of H-pyrrole nitrogens is 1. The average molecular weight is 256 g/mol. The molecule has 2 fully saturated rings. The molecule has 0 aliphatic heterocycles. The van der Waals surface area contributed by atoms with Gasteiger partial charge in [-0.1, -0.05) is 6.42 Å². The number of anilines is 1. The van der Waals surface area contributed by atoms with Crippen molar-refractivity contribution < 1.29 is 0 Å². The summed E-state index contributed by atoms with van der Waals surface area (Å²) in [6, 6.07) is 2.74. The molecular weight excluding hydrogens is 236 g/mol. The van der Waals surface area contributed by atoms with Crippen LogP contribution < -0.4 is 4.90 Å². The summed E-state index contributed by atoms with van der Waals surface area (Å²) in [6.45, 7) is 1.96. The second kappa shape index (κ2) is 3.71. The third-order valence-corrected chi connectivity index (χ3v) is 5.14. The van der Waals surface area contributed by atoms with Crippen LogP contribution in [0.3, 0.4) is 0 Å². The zero-order chi connectivity index (χ0) is 13.0. The molecule has 0 bridgehead atoms. The van der Waals surface area contributed by atoms with E-state index in [1.807, 2.05) is 13.1 Å². The van der Waals surface area contributed by atoms with Crippen LogP contribution in [0, 0.1) is 12.3 Å². The highest BCUT2D eigenvalue weighted by atomic mass is 15.2. The summed E-state index contributed by atoms with van der Waals surface area (Å²) in [5.74, 6) is 1.93. The third-order valence-electron chi connectivity index (χ3n) is 5.14. The van der Waals surface area contributed by atoms with E-state index in [-0.39, 0.29) is 0 Å². The van der Waals surface area contributed by atoms with Crippen molar-refractivity contribution in [1.29, 1.82) is 0 Å². The highest BCUT2D eigenvalue weighted by Gasteiger charge is 2.49. The van der Waals surface area contributed by atoms with Crippen LogP contribution in [0.5, 0.6) is 0 Å². The van der Waals surface area contributed by atoms with Crippen molar-refractivity contribution in [3.05, 3.63) is 18.1 Å². The van der Waals surface area contributed by atoms with Gasteiger partial charge < -0.3 is 9.88 Å². The van der Waals surface area contributed by atoms with Crippen LogP contribution in [0.4, 0.5) is 5.82 Å². The molecule has 4 heteroatoms. The summed E-state index contributed by atoms with van der Waals surface area (Å²) in [7, 11) is 2.18. The van der Waals surface area contributed by atoms with Crippen molar-refractivity contribution in [2.75, 3.05) is 11.9 Å². The fraction of sp³-hybridized carbons (Fsp3) is 0.600. The third kappa shape index (κ3) is 1.58. The summed E-state index contributed by atoms with van der Waals surface area (Å²) in [6.07, 6.45) is 8.96. The maximum atomic E-state index is 4.66. The van der Waals surface area contributed by atoms with Gasteiger partial charge in [-0.15, -0.1) is 0 Å². The lowest BCUT2D eigenvalue weighted by atomic mass is 9.54. The minimum absolute atomic E-state index is 0.660. The molecule has 2 heterocycles. The molecule has 0 saturated heterocycles. The van der Waals surface area contributed by atoms with Crippen LogP contribution in [-0.2, 0) is 0 Å². The average Bonchev–Trinajstić information content (AvgIpc) is 2.71. The van der Waals surface area contributed by atoms with Crippen LogP contribution >= 0.6 is 0 Å². The van der Waals surface area contributed by atoms with Crippen molar-refractivity contribution in [2.45, 2.75) is 45.1 Å². The van der Waals surface area contributed by atoms with Gasteiger partial charge >= 0.3 is 0 Å². The topological polar surface area (TPSA) is 44.8 Å². The molecule has 2 saturated carbocycles. The minimum atomic E-state index is 0.660. The Morgan fingerprint density at radius 3 is 2.79 bits per heavy atom. The van der Waals surface area contributed by atoms with Crippen molar-refractivity contribution in [3.8, 4) is 0 Å². The molecule has 2 aromatic heterocycles. The van der Waals surface area contributed by atoms with Crippen molar-refractivity contribution in [1.82, 2.24) is 15.0 Å². The van der Waals surface area contributed by atoms with Gasteiger partial charge in [-0.3, -0.25) is 0 Å². The summed E-state index contributed by atoms with van der Waals surface area (Å²) in [5, 5.41) is 1.14. The van der Waals surface area contributed by atoms with Gasteiger partial charge in [-0.25, -0.2) is 9.97 Å². The Hall–Kier alpha value is -1.58. The minimum Gasteiger partial charge on any atom is -0.356 e. The normalized spacial score (nSPS) is 21.4. The second-order valence-corrected chi connectivity index (χ2v) is 6.36. The summed E-state index contributed by atoms with van der Waals surface area (Å²) in [4.78, 5) is 14.7. The highest BCUT2D eigenvalue weighted by molar-refractivity contribution is 5.87. The Bertz CT molecular complexity index is 618. The maximum absolute atomic E-state index is 4.66. The van der Waals surface area contributed by atoms with Crippen molar-refractivity contribution >= 4 is 16.9 Å². The summed E-state index contributed by atoms with van der Waals surface area (Å²) in [5.41, 5.74) is 1.66. The monoisotopic (exact) mass is 256 g/mol. The molecule has 0 amide bonds. The molecule has 0 atom stereocenters. The number of hydrogen-bond acceptors (Lipinski definition) is 3. The van der Waals surface area contributed by atoms with Crippen LogP contribution in [0.25, 0.3) is 11.0 Å². The lowest BCUT2D eigenvalue weighted by molar-refractivity contribution is 0.0103. The van der Waals surface area contributed by atoms with Crippen LogP contribution in [-0.4, -0.2) is 28.0 Å². The Morgan fingerprint density at radius 1 is 1.32 bits per heavy atom. The van der Waals surface area contributed by atoms with Gasteiger partial charge in [0.15, 0.2) is 0 Å². The SMILES string of the molecule is Cc1nc(N(C)C2CC3(CCC3)C2)c2cc[nH]c2n1. The van der Waals surface area contributed by atoms with Crippen molar-refractivity contribution in [3.63, 3.8) is 0 Å². The van der Waals surface area contributed by atoms with Crippen LogP contribution in [0.15, 0.2) is 12.3 Å². The first-order chi connectivity index (χ1) is 9.17. The van der Waals surface area contributed by atoms with Gasteiger partial charge in [-0.05, 0) is 44.1 Å². The molecule has 4 rings (SSSR count). The van der Waals surface area contributed by atoms with Crippen LogP contribution in [0.2, 0.25) is 0 Å². The van der Waals surface area contributed by atoms with Gasteiger partial charge in [0, 0.05) is 19.3 Å². The predicted molar refractivity (Wildman–Crippen MR) is 76.3 cm³/mol. The van der Waals surface area contributed by atoms with E-state index in [9.17, 15) is 0 Å². The molecule has 2 aliphatic carbocycles. The highest BCUT2D eigenvalue weighted by Crippen LogP contribution is 2.57. The Labute approximate surface area is 113 Å². The predicted octanol–water partition coefficient (Wildman–Crippen LogP) is 3.04. The van der Waals surface area contributed by atoms with E-state index < -0.39 is 0 Å². The summed E-state index contributed by atoms with van der Waals surface area (Å²) >= 11 is 0. The molecule has 1 spiro atoms. The lowest BCUT2D eigenvalue weighted by Gasteiger charge is -2.56. The fourth-order valence-electron chi connectivity index (χ4n) is 3.77. The van der Waals surface area contributed by atoms with Gasteiger partial charge in [0.05, 0.1) is 5.39 Å². The molecular formula is C15H20N4. The Morgan fingerprint density at radius 2 is 2.11 bits per heavy atom. The number of nitrogens with zero attached hydrogens (tertiary/aromatic N) is 3. The lowest BCUT2D eigenvalue weighted by Crippen LogP contribution is -2.53. The molecule has 0 aromatic carbocycles. The first-order valence-corrected chi connectivity index (χ1v) is 7.21. The number of rotatable bonds is 2. The van der Waals surface area contributed by atoms with Gasteiger partial charge in [0.2, 0.25) is 0 Å². The summed E-state index contributed by atoms with van der Waals surface area (Å²) < 4.78 is 0. The molecule has 19 heavy (non-hydrogen) atoms. The standard InChI is InChI=1S/C15H20N4/c1-10-17-13-12(4-7-16-13)14(18-10)19(2)11-8-15(9-11)5-3-6-15/h4,7,11H,3,5-6,8-9H2,1-2H3,(H,16,17,18). The quantitative estimate of drug-likeness (QED) is 0.898. The van der Waals surface area contributed by atoms with E-state index in [1.54, 1.807) is 0 Å². The molecule has 1 N–H and O–H groups in total. The second-order valence-electron chi connectivity index (χ2n) is 6.36. The molecule has 100 valence electrons. The zero-order valence-corrected chi connectivity index (χ0v) is 11.6. The maximum Gasteiger partial charge on any atom is 0.143 e. The van der Waals surface area contributed by atoms with E-state index in [1.165, 1.54) is 32.1 Å². The molecule has 2 aliphatic rings. The van der Waals surface area contributed by atoms with Gasteiger partial charge in [0.25, 0.3) is 0 Å². The number of aromatic nitrogens is 3. The number of fused-ring (bicyclic) bond motifs is 1. The largest absolute Gasteiger partial charge is 0.356 e. The first kappa shape index (κ1) is 11.3. The van der Waals surface area contributed by atoms with E-state index in [0.29, 0.717) is 11.5 Å². The smallest absolute Gasteiger partial charge is 0.143 e. The fourth-order valence-corrected chi connectivity index (χ4v) is 3.77. The molecule has 2 aromatic rings. The number of hydrogen-bond donors (Lipinski definition) is 1. The van der Waals surface area contributed by atoms with Gasteiger partial charge in [-0.2, -0.15) is 0 Å². The Kier molecular flexibility index (Phi) is 2.20. The zero-order valence-electron chi connectivity index (χ0n) is 11.6. The van der Waals surface area contributed by atoms with E-state index in [2.05, 4.69) is 33.0 Å². The molecule has 0 radical (unpaired) electrons. The Balaban J connectivity index is 1.64. The van der Waals surface area contributed by atoms with Gasteiger partial charge in [0.1, 0.15) is 17.3 Å².